The van der Waals surface area contributed by atoms with Gasteiger partial charge in [-0.15, -0.1) is 0 Å². The molecule has 3 aliphatic rings. The fraction of sp³-hybridized carbons (Fsp3) is 0.885. The van der Waals surface area contributed by atoms with Gasteiger partial charge < -0.3 is 47.4 Å². The highest BCUT2D eigenvalue weighted by molar-refractivity contribution is 5.66. The Hall–Kier alpha value is -1.87. The van der Waals surface area contributed by atoms with E-state index in [1.54, 1.807) is 27.9 Å². The van der Waals surface area contributed by atoms with E-state index in [2.05, 4.69) is 0 Å². The number of carbonyl (C=O) groups excluding carboxylic acids is 3. The number of esters is 3. The van der Waals surface area contributed by atoms with Crippen LogP contribution in [-0.2, 0) is 61.8 Å². The normalized spacial score (nSPS) is 40.9. The zero-order valence-electron chi connectivity index (χ0n) is 23.9. The van der Waals surface area contributed by atoms with Crippen molar-refractivity contribution in [2.75, 3.05) is 14.2 Å². The molecular formula is C26H42O13. The minimum absolute atomic E-state index is 0.188. The first-order chi connectivity index (χ1) is 18.4. The molecule has 0 bridgehead atoms. The van der Waals surface area contributed by atoms with Crippen molar-refractivity contribution in [1.82, 2.24) is 0 Å². The molecular weight excluding hydrogens is 520 g/mol. The quantitative estimate of drug-likeness (QED) is 0.297. The molecule has 0 N–H and O–H groups in total. The van der Waals surface area contributed by atoms with E-state index >= 15 is 0 Å². The topological polar surface area (TPSA) is 144 Å². The molecule has 3 aliphatic heterocycles. The van der Waals surface area contributed by atoms with Crippen molar-refractivity contribution in [2.45, 2.75) is 135 Å². The minimum Gasteiger partial charge on any atom is -0.459 e. The summed E-state index contributed by atoms with van der Waals surface area (Å²) in [5.74, 6) is -1.35. The van der Waals surface area contributed by atoms with Gasteiger partial charge >= 0.3 is 17.9 Å². The van der Waals surface area contributed by atoms with Crippen LogP contribution in [0.3, 0.4) is 0 Å². The van der Waals surface area contributed by atoms with Gasteiger partial charge in [0.2, 0.25) is 6.29 Å². The number of rotatable bonds is 9. The fourth-order valence-corrected chi connectivity index (χ4v) is 5.33. The number of hydrogen-bond donors (Lipinski definition) is 0. The van der Waals surface area contributed by atoms with E-state index in [1.165, 1.54) is 27.9 Å². The third-order valence-corrected chi connectivity index (χ3v) is 7.00. The Morgan fingerprint density at radius 2 is 0.923 bits per heavy atom. The molecule has 0 saturated carbocycles. The van der Waals surface area contributed by atoms with Crippen LogP contribution in [0.4, 0.5) is 0 Å². The van der Waals surface area contributed by atoms with Crippen LogP contribution in [0.15, 0.2) is 0 Å². The molecule has 0 aromatic carbocycles. The zero-order valence-corrected chi connectivity index (χ0v) is 23.9. The third-order valence-electron chi connectivity index (χ3n) is 7.00. The van der Waals surface area contributed by atoms with Gasteiger partial charge in [-0.05, 0) is 20.8 Å². The van der Waals surface area contributed by atoms with Crippen LogP contribution in [0.2, 0.25) is 0 Å². The third kappa shape index (κ3) is 8.56. The molecule has 3 rings (SSSR count). The first kappa shape index (κ1) is 31.7. The molecule has 3 fully saturated rings. The Morgan fingerprint density at radius 1 is 0.538 bits per heavy atom. The molecule has 13 nitrogen and oxygen atoms in total. The molecule has 0 aromatic heterocycles. The van der Waals surface area contributed by atoms with Crippen molar-refractivity contribution < 1.29 is 61.8 Å². The Labute approximate surface area is 228 Å². The SMILES string of the molecule is CO[C@@H]1C[C@H](O[C@H]2[C@@H](OC(C)=O)C[C@H](O[C@@H]3[C@@H](C)O[C@@H](OC(C)=O)C[C@H]3OC)O[C@@H]2C)O[C@H](C)[C@H]1OC(C)=O. The molecule has 0 radical (unpaired) electrons. The molecule has 0 amide bonds. The number of ether oxygens (including phenoxy) is 10. The summed E-state index contributed by atoms with van der Waals surface area (Å²) in [5, 5.41) is 0. The molecule has 0 aromatic rings. The lowest BCUT2D eigenvalue weighted by Gasteiger charge is -2.46. The summed E-state index contributed by atoms with van der Waals surface area (Å²) in [6.45, 7) is 9.34. The molecule has 0 unspecified atom stereocenters. The van der Waals surface area contributed by atoms with Crippen LogP contribution in [0.1, 0.15) is 60.8 Å². The minimum atomic E-state index is -0.755. The second-order valence-corrected chi connectivity index (χ2v) is 10.1. The number of methoxy groups -OCH3 is 2. The Balaban J connectivity index is 1.67. The summed E-state index contributed by atoms with van der Waals surface area (Å²) in [6.07, 6.45) is -6.29. The average Bonchev–Trinajstić information content (AvgIpc) is 2.83. The van der Waals surface area contributed by atoms with Crippen molar-refractivity contribution in [3.8, 4) is 0 Å². The van der Waals surface area contributed by atoms with Crippen LogP contribution in [-0.4, -0.2) is 106 Å². The van der Waals surface area contributed by atoms with E-state index < -0.39 is 91.7 Å². The maximum Gasteiger partial charge on any atom is 0.304 e. The highest BCUT2D eigenvalue weighted by atomic mass is 16.8. The van der Waals surface area contributed by atoms with Crippen molar-refractivity contribution in [2.24, 2.45) is 0 Å². The van der Waals surface area contributed by atoms with Gasteiger partial charge in [0.25, 0.3) is 0 Å². The monoisotopic (exact) mass is 562 g/mol. The van der Waals surface area contributed by atoms with Gasteiger partial charge in [-0.2, -0.15) is 0 Å². The number of hydrogen-bond acceptors (Lipinski definition) is 13. The summed E-state index contributed by atoms with van der Waals surface area (Å²) in [6, 6.07) is 0. The molecule has 224 valence electrons. The van der Waals surface area contributed by atoms with Gasteiger partial charge in [0.1, 0.15) is 24.4 Å². The van der Waals surface area contributed by atoms with Gasteiger partial charge in [0.15, 0.2) is 18.7 Å². The van der Waals surface area contributed by atoms with E-state index in [1.807, 2.05) is 0 Å². The van der Waals surface area contributed by atoms with E-state index in [0.29, 0.717) is 12.8 Å². The van der Waals surface area contributed by atoms with Crippen molar-refractivity contribution in [3.05, 3.63) is 0 Å². The molecule has 3 heterocycles. The van der Waals surface area contributed by atoms with E-state index in [9.17, 15) is 14.4 Å². The second-order valence-electron chi connectivity index (χ2n) is 10.1. The Bertz CT molecular complexity index is 837. The zero-order chi connectivity index (χ0) is 28.9. The van der Waals surface area contributed by atoms with Gasteiger partial charge in [-0.3, -0.25) is 14.4 Å². The lowest BCUT2D eigenvalue weighted by Crippen LogP contribution is -2.57. The number of carbonyl (C=O) groups is 3. The van der Waals surface area contributed by atoms with Crippen molar-refractivity contribution >= 4 is 17.9 Å². The molecule has 39 heavy (non-hydrogen) atoms. The Kier molecular flexibility index (Phi) is 11.5. The summed E-state index contributed by atoms with van der Waals surface area (Å²) >= 11 is 0. The van der Waals surface area contributed by atoms with Crippen LogP contribution in [0.5, 0.6) is 0 Å². The van der Waals surface area contributed by atoms with Crippen LogP contribution < -0.4 is 0 Å². The summed E-state index contributed by atoms with van der Waals surface area (Å²) in [4.78, 5) is 34.9. The maximum atomic E-state index is 12.0. The molecule has 12 atom stereocenters. The van der Waals surface area contributed by atoms with Crippen molar-refractivity contribution in [3.63, 3.8) is 0 Å². The van der Waals surface area contributed by atoms with Crippen molar-refractivity contribution in [1.29, 1.82) is 0 Å². The fourth-order valence-electron chi connectivity index (χ4n) is 5.33. The van der Waals surface area contributed by atoms with Crippen LogP contribution in [0.25, 0.3) is 0 Å². The highest BCUT2D eigenvalue weighted by Gasteiger charge is 2.47. The van der Waals surface area contributed by atoms with Crippen LogP contribution in [0, 0.1) is 0 Å². The van der Waals surface area contributed by atoms with Gasteiger partial charge in [0, 0.05) is 54.3 Å². The van der Waals surface area contributed by atoms with E-state index in [0.717, 1.165) is 0 Å². The summed E-state index contributed by atoms with van der Waals surface area (Å²) < 4.78 is 57.8. The standard InChI is InChI=1S/C26H42O13/c1-12-24(37-17(6)29)18(30-7)10-22(33-12)39-26-14(3)34-23(11-20(26)35-15(4)27)38-25-13(2)32-21(36-16(5)28)9-19(25)31-8/h12-14,18-26H,9-11H2,1-8H3/t12-,13-,14-,18-,19-,20+,21+,22+,23+,24-,25-,26-/m1/s1. The highest BCUT2D eigenvalue weighted by Crippen LogP contribution is 2.34. The van der Waals surface area contributed by atoms with E-state index in [-0.39, 0.29) is 6.42 Å². The maximum absolute atomic E-state index is 12.0. The Morgan fingerprint density at radius 3 is 1.41 bits per heavy atom. The predicted molar refractivity (Wildman–Crippen MR) is 131 cm³/mol. The van der Waals surface area contributed by atoms with Gasteiger partial charge in [-0.1, -0.05) is 0 Å². The summed E-state index contributed by atoms with van der Waals surface area (Å²) in [5.41, 5.74) is 0. The van der Waals surface area contributed by atoms with E-state index in [4.69, 9.17) is 47.4 Å². The molecule has 3 saturated heterocycles. The largest absolute Gasteiger partial charge is 0.459 e. The first-order valence-electron chi connectivity index (χ1n) is 13.3. The predicted octanol–water partition coefficient (Wildman–Crippen LogP) is 1.62. The lowest BCUT2D eigenvalue weighted by atomic mass is 9.99. The molecule has 13 heteroatoms. The van der Waals surface area contributed by atoms with Gasteiger partial charge in [-0.25, -0.2) is 0 Å². The smallest absolute Gasteiger partial charge is 0.304 e. The summed E-state index contributed by atoms with van der Waals surface area (Å²) in [7, 11) is 3.08. The van der Waals surface area contributed by atoms with Gasteiger partial charge in [0.05, 0.1) is 24.4 Å². The first-order valence-corrected chi connectivity index (χ1v) is 13.3. The van der Waals surface area contributed by atoms with Crippen LogP contribution >= 0.6 is 0 Å². The molecule has 0 spiro atoms. The molecule has 0 aliphatic carbocycles. The second kappa shape index (κ2) is 14.2. The average molecular weight is 563 g/mol. The lowest BCUT2D eigenvalue weighted by molar-refractivity contribution is -0.334.